The van der Waals surface area contributed by atoms with Crippen molar-refractivity contribution in [1.82, 2.24) is 9.97 Å². The number of anilines is 2. The SMILES string of the molecule is CCCNc1ncnc(N2CCCC(C)CC2)c1C(C)C. The van der Waals surface area contributed by atoms with Gasteiger partial charge in [0.15, 0.2) is 0 Å². The zero-order chi connectivity index (χ0) is 15.2. The van der Waals surface area contributed by atoms with E-state index in [1.54, 1.807) is 6.33 Å². The minimum Gasteiger partial charge on any atom is -0.370 e. The van der Waals surface area contributed by atoms with Crippen LogP contribution < -0.4 is 10.2 Å². The van der Waals surface area contributed by atoms with E-state index in [2.05, 4.69) is 47.9 Å². The molecule has 1 atom stereocenters. The Balaban J connectivity index is 2.28. The van der Waals surface area contributed by atoms with Crippen LogP contribution in [-0.4, -0.2) is 29.6 Å². The summed E-state index contributed by atoms with van der Waals surface area (Å²) in [5.41, 5.74) is 1.28. The van der Waals surface area contributed by atoms with Crippen molar-refractivity contribution in [3.63, 3.8) is 0 Å². The molecule has 1 aliphatic heterocycles. The molecular formula is C17H30N4. The predicted octanol–water partition coefficient (Wildman–Crippen LogP) is 4.05. The third kappa shape index (κ3) is 4.08. The molecule has 1 saturated heterocycles. The lowest BCUT2D eigenvalue weighted by Gasteiger charge is -2.26. The summed E-state index contributed by atoms with van der Waals surface area (Å²) in [7, 11) is 0. The van der Waals surface area contributed by atoms with Crippen LogP contribution in [-0.2, 0) is 0 Å². The van der Waals surface area contributed by atoms with E-state index < -0.39 is 0 Å². The average Bonchev–Trinajstić information content (AvgIpc) is 2.69. The van der Waals surface area contributed by atoms with Crippen molar-refractivity contribution in [2.45, 2.75) is 59.3 Å². The lowest BCUT2D eigenvalue weighted by atomic mass is 10.0. The van der Waals surface area contributed by atoms with Gasteiger partial charge in [-0.15, -0.1) is 0 Å². The lowest BCUT2D eigenvalue weighted by Crippen LogP contribution is -2.27. The summed E-state index contributed by atoms with van der Waals surface area (Å²) in [6.45, 7) is 12.2. The fraction of sp³-hybridized carbons (Fsp3) is 0.765. The largest absolute Gasteiger partial charge is 0.370 e. The van der Waals surface area contributed by atoms with Crippen molar-refractivity contribution in [3.8, 4) is 0 Å². The first-order valence-corrected chi connectivity index (χ1v) is 8.47. The summed E-state index contributed by atoms with van der Waals surface area (Å²) in [6.07, 6.45) is 6.69. The standard InChI is InChI=1S/C17H30N4/c1-5-9-18-16-15(13(2)3)17(20-12-19-16)21-10-6-7-14(4)8-11-21/h12-14H,5-11H2,1-4H3,(H,18,19,20). The molecule has 0 spiro atoms. The van der Waals surface area contributed by atoms with Crippen LogP contribution in [0.15, 0.2) is 6.33 Å². The first-order chi connectivity index (χ1) is 10.1. The van der Waals surface area contributed by atoms with E-state index in [1.165, 1.54) is 24.8 Å². The highest BCUT2D eigenvalue weighted by Crippen LogP contribution is 2.32. The second-order valence-corrected chi connectivity index (χ2v) is 6.56. The summed E-state index contributed by atoms with van der Waals surface area (Å²) >= 11 is 0. The topological polar surface area (TPSA) is 41.1 Å². The molecule has 1 aromatic heterocycles. The Morgan fingerprint density at radius 1 is 1.29 bits per heavy atom. The molecule has 4 heteroatoms. The molecule has 4 nitrogen and oxygen atoms in total. The molecular weight excluding hydrogens is 260 g/mol. The van der Waals surface area contributed by atoms with Gasteiger partial charge in [-0.3, -0.25) is 0 Å². The molecule has 1 aliphatic rings. The fourth-order valence-electron chi connectivity index (χ4n) is 3.03. The van der Waals surface area contributed by atoms with E-state index in [0.29, 0.717) is 5.92 Å². The summed E-state index contributed by atoms with van der Waals surface area (Å²) in [5, 5.41) is 3.47. The van der Waals surface area contributed by atoms with E-state index >= 15 is 0 Å². The minimum absolute atomic E-state index is 0.432. The molecule has 21 heavy (non-hydrogen) atoms. The van der Waals surface area contributed by atoms with Crippen LogP contribution in [0.2, 0.25) is 0 Å². The molecule has 0 bridgehead atoms. The number of nitrogens with zero attached hydrogens (tertiary/aromatic N) is 3. The fourth-order valence-corrected chi connectivity index (χ4v) is 3.03. The van der Waals surface area contributed by atoms with Crippen LogP contribution in [0.3, 0.4) is 0 Å². The third-order valence-electron chi connectivity index (χ3n) is 4.30. The number of hydrogen-bond donors (Lipinski definition) is 1. The zero-order valence-electron chi connectivity index (χ0n) is 14.0. The first kappa shape index (κ1) is 16.1. The van der Waals surface area contributed by atoms with Crippen LogP contribution in [0.25, 0.3) is 0 Å². The molecule has 0 saturated carbocycles. The van der Waals surface area contributed by atoms with Crippen molar-refractivity contribution in [3.05, 3.63) is 11.9 Å². The highest BCUT2D eigenvalue weighted by atomic mass is 15.2. The Kier molecular flexibility index (Phi) is 5.83. The summed E-state index contributed by atoms with van der Waals surface area (Å²) in [6, 6.07) is 0. The van der Waals surface area contributed by atoms with E-state index in [-0.39, 0.29) is 0 Å². The van der Waals surface area contributed by atoms with Gasteiger partial charge in [-0.25, -0.2) is 9.97 Å². The van der Waals surface area contributed by atoms with Gasteiger partial charge < -0.3 is 10.2 Å². The molecule has 0 aromatic carbocycles. The molecule has 1 unspecified atom stereocenters. The third-order valence-corrected chi connectivity index (χ3v) is 4.30. The molecule has 0 radical (unpaired) electrons. The van der Waals surface area contributed by atoms with Gasteiger partial charge >= 0.3 is 0 Å². The first-order valence-electron chi connectivity index (χ1n) is 8.47. The molecule has 2 heterocycles. The van der Waals surface area contributed by atoms with Crippen LogP contribution in [0.1, 0.15) is 64.9 Å². The van der Waals surface area contributed by atoms with Gasteiger partial charge in [0.2, 0.25) is 0 Å². The van der Waals surface area contributed by atoms with E-state index in [1.807, 2.05) is 0 Å². The summed E-state index contributed by atoms with van der Waals surface area (Å²) in [4.78, 5) is 11.6. The molecule has 1 fully saturated rings. The summed E-state index contributed by atoms with van der Waals surface area (Å²) in [5.74, 6) is 3.43. The van der Waals surface area contributed by atoms with Crippen molar-refractivity contribution in [2.75, 3.05) is 29.9 Å². The van der Waals surface area contributed by atoms with Crippen LogP contribution in [0.5, 0.6) is 0 Å². The van der Waals surface area contributed by atoms with Gasteiger partial charge in [0.1, 0.15) is 18.0 Å². The monoisotopic (exact) mass is 290 g/mol. The van der Waals surface area contributed by atoms with Gasteiger partial charge in [0, 0.05) is 25.2 Å². The normalized spacial score (nSPS) is 19.7. The van der Waals surface area contributed by atoms with E-state index in [0.717, 1.165) is 43.6 Å². The molecule has 2 rings (SSSR count). The van der Waals surface area contributed by atoms with E-state index in [9.17, 15) is 0 Å². The maximum atomic E-state index is 4.63. The van der Waals surface area contributed by atoms with Gasteiger partial charge in [0.25, 0.3) is 0 Å². The highest BCUT2D eigenvalue weighted by molar-refractivity contribution is 5.60. The van der Waals surface area contributed by atoms with Crippen molar-refractivity contribution in [2.24, 2.45) is 5.92 Å². The second kappa shape index (κ2) is 7.62. The molecule has 0 amide bonds. The van der Waals surface area contributed by atoms with Crippen LogP contribution in [0, 0.1) is 5.92 Å². The van der Waals surface area contributed by atoms with Crippen molar-refractivity contribution in [1.29, 1.82) is 0 Å². The second-order valence-electron chi connectivity index (χ2n) is 6.56. The minimum atomic E-state index is 0.432. The quantitative estimate of drug-likeness (QED) is 0.888. The Morgan fingerprint density at radius 3 is 2.81 bits per heavy atom. The lowest BCUT2D eigenvalue weighted by molar-refractivity contribution is 0.521. The molecule has 1 N–H and O–H groups in total. The van der Waals surface area contributed by atoms with Gasteiger partial charge in [0.05, 0.1) is 0 Å². The Labute approximate surface area is 129 Å². The Hall–Kier alpha value is -1.32. The Bertz CT molecular complexity index is 444. The Morgan fingerprint density at radius 2 is 2.10 bits per heavy atom. The smallest absolute Gasteiger partial charge is 0.137 e. The maximum absolute atomic E-state index is 4.63. The average molecular weight is 290 g/mol. The van der Waals surface area contributed by atoms with Gasteiger partial charge in [-0.05, 0) is 37.5 Å². The molecule has 118 valence electrons. The van der Waals surface area contributed by atoms with Gasteiger partial charge in [-0.1, -0.05) is 27.7 Å². The van der Waals surface area contributed by atoms with Crippen LogP contribution >= 0.6 is 0 Å². The number of rotatable bonds is 5. The predicted molar refractivity (Wildman–Crippen MR) is 90.1 cm³/mol. The molecule has 0 aliphatic carbocycles. The highest BCUT2D eigenvalue weighted by Gasteiger charge is 2.21. The number of aromatic nitrogens is 2. The number of hydrogen-bond acceptors (Lipinski definition) is 4. The van der Waals surface area contributed by atoms with Crippen LogP contribution in [0.4, 0.5) is 11.6 Å². The summed E-state index contributed by atoms with van der Waals surface area (Å²) < 4.78 is 0. The van der Waals surface area contributed by atoms with Crippen molar-refractivity contribution < 1.29 is 0 Å². The maximum Gasteiger partial charge on any atom is 0.137 e. The zero-order valence-corrected chi connectivity index (χ0v) is 14.0. The van der Waals surface area contributed by atoms with Gasteiger partial charge in [-0.2, -0.15) is 0 Å². The number of nitrogens with one attached hydrogen (secondary N) is 1. The van der Waals surface area contributed by atoms with Crippen molar-refractivity contribution >= 4 is 11.6 Å². The van der Waals surface area contributed by atoms with E-state index in [4.69, 9.17) is 0 Å². The molecule has 1 aromatic rings.